The number of fused-ring (bicyclic) bond motifs is 1. The quantitative estimate of drug-likeness (QED) is 0.774. The molecule has 26 heavy (non-hydrogen) atoms. The van der Waals surface area contributed by atoms with Crippen LogP contribution in [0.1, 0.15) is 18.9 Å². The number of amides is 1. The van der Waals surface area contributed by atoms with Crippen LogP contribution in [0.5, 0.6) is 0 Å². The van der Waals surface area contributed by atoms with Gasteiger partial charge in [-0.15, -0.1) is 0 Å². The van der Waals surface area contributed by atoms with Gasteiger partial charge in [-0.1, -0.05) is 18.2 Å². The highest BCUT2D eigenvalue weighted by atomic mass is 32.2. The smallest absolute Gasteiger partial charge is 0.281 e. The molecule has 2 aliphatic rings. The average Bonchev–Trinajstić information content (AvgIpc) is 2.66. The molecule has 1 unspecified atom stereocenters. The second-order valence-corrected chi connectivity index (χ2v) is 9.27. The van der Waals surface area contributed by atoms with Gasteiger partial charge in [-0.25, -0.2) is 0 Å². The highest BCUT2D eigenvalue weighted by molar-refractivity contribution is 7.86. The summed E-state index contributed by atoms with van der Waals surface area (Å²) in [5.41, 5.74) is 2.24. The number of carbonyl (C=O) groups is 1. The fraction of sp³-hybridized carbons (Fsp3) is 0.611. The largest absolute Gasteiger partial charge is 0.311 e. The minimum Gasteiger partial charge on any atom is -0.311 e. The van der Waals surface area contributed by atoms with Crippen molar-refractivity contribution in [2.45, 2.75) is 25.8 Å². The van der Waals surface area contributed by atoms with Gasteiger partial charge in [0.2, 0.25) is 5.91 Å². The zero-order chi connectivity index (χ0) is 18.9. The molecule has 0 spiro atoms. The molecule has 0 aromatic heterocycles. The van der Waals surface area contributed by atoms with Crippen LogP contribution in [-0.2, 0) is 21.4 Å². The third-order valence-electron chi connectivity index (χ3n) is 5.34. The number of carbonyl (C=O) groups excluding carboxylic acids is 1. The third kappa shape index (κ3) is 3.64. The lowest BCUT2D eigenvalue weighted by Crippen LogP contribution is -2.57. The van der Waals surface area contributed by atoms with Gasteiger partial charge in [0, 0.05) is 52.5 Å². The van der Waals surface area contributed by atoms with E-state index >= 15 is 0 Å². The molecular weight excluding hydrogens is 352 g/mol. The highest BCUT2D eigenvalue weighted by Crippen LogP contribution is 2.28. The van der Waals surface area contributed by atoms with E-state index in [9.17, 15) is 13.2 Å². The van der Waals surface area contributed by atoms with Crippen LogP contribution < -0.4 is 4.90 Å². The van der Waals surface area contributed by atoms with E-state index in [1.807, 2.05) is 30.0 Å². The van der Waals surface area contributed by atoms with Crippen LogP contribution in [0.3, 0.4) is 0 Å². The van der Waals surface area contributed by atoms with E-state index in [2.05, 4.69) is 11.0 Å². The zero-order valence-corrected chi connectivity index (χ0v) is 16.6. The fourth-order valence-electron chi connectivity index (χ4n) is 3.70. The van der Waals surface area contributed by atoms with E-state index in [-0.39, 0.29) is 11.9 Å². The van der Waals surface area contributed by atoms with Crippen molar-refractivity contribution in [2.75, 3.05) is 51.7 Å². The normalized spacial score (nSPS) is 20.8. The first-order valence-electron chi connectivity index (χ1n) is 9.13. The molecule has 8 heteroatoms. The van der Waals surface area contributed by atoms with Crippen molar-refractivity contribution in [3.8, 4) is 0 Å². The van der Waals surface area contributed by atoms with Crippen LogP contribution in [-0.4, -0.2) is 80.7 Å². The van der Waals surface area contributed by atoms with E-state index in [1.54, 1.807) is 14.1 Å². The Bertz CT molecular complexity index is 757. The maximum Gasteiger partial charge on any atom is 0.281 e. The van der Waals surface area contributed by atoms with Crippen molar-refractivity contribution in [1.29, 1.82) is 0 Å². The number of hydrogen-bond acceptors (Lipinski definition) is 4. The number of anilines is 1. The van der Waals surface area contributed by atoms with Crippen molar-refractivity contribution >= 4 is 21.8 Å². The number of rotatable bonds is 4. The van der Waals surface area contributed by atoms with Gasteiger partial charge in [-0.05, 0) is 31.4 Å². The first-order chi connectivity index (χ1) is 12.3. The topological polar surface area (TPSA) is 64.2 Å². The number of hydrogen-bond donors (Lipinski definition) is 0. The van der Waals surface area contributed by atoms with E-state index in [0.717, 1.165) is 25.1 Å². The van der Waals surface area contributed by atoms with Crippen molar-refractivity contribution < 1.29 is 13.2 Å². The SMILES string of the molecule is CC(C(=O)N1CCCc2ccccc21)N1CCN(S(=O)(=O)N(C)C)CC1. The molecular formula is C18H28N4O3S. The monoisotopic (exact) mass is 380 g/mol. The van der Waals surface area contributed by atoms with Gasteiger partial charge in [0.15, 0.2) is 0 Å². The van der Waals surface area contributed by atoms with Gasteiger partial charge >= 0.3 is 0 Å². The predicted octanol–water partition coefficient (Wildman–Crippen LogP) is 0.778. The second-order valence-electron chi connectivity index (χ2n) is 7.12. The van der Waals surface area contributed by atoms with Crippen LogP contribution in [0.2, 0.25) is 0 Å². The maximum atomic E-state index is 13.1. The van der Waals surface area contributed by atoms with Gasteiger partial charge in [-0.3, -0.25) is 9.69 Å². The van der Waals surface area contributed by atoms with Crippen molar-refractivity contribution in [3.63, 3.8) is 0 Å². The summed E-state index contributed by atoms with van der Waals surface area (Å²) < 4.78 is 27.2. The number of benzene rings is 1. The van der Waals surface area contributed by atoms with Crippen LogP contribution in [0.15, 0.2) is 24.3 Å². The van der Waals surface area contributed by atoms with E-state index < -0.39 is 10.2 Å². The number of piperazine rings is 1. The predicted molar refractivity (Wildman–Crippen MR) is 102 cm³/mol. The summed E-state index contributed by atoms with van der Waals surface area (Å²) in [6.07, 6.45) is 1.99. The Morgan fingerprint density at radius 2 is 1.73 bits per heavy atom. The molecule has 1 amide bonds. The Balaban J connectivity index is 1.66. The summed E-state index contributed by atoms with van der Waals surface area (Å²) in [4.78, 5) is 17.1. The van der Waals surface area contributed by atoms with E-state index in [0.29, 0.717) is 26.2 Å². The van der Waals surface area contributed by atoms with Gasteiger partial charge in [0.05, 0.1) is 6.04 Å². The molecule has 1 atom stereocenters. The molecule has 7 nitrogen and oxygen atoms in total. The molecule has 144 valence electrons. The molecule has 0 saturated carbocycles. The average molecular weight is 381 g/mol. The molecule has 0 radical (unpaired) electrons. The van der Waals surface area contributed by atoms with Crippen LogP contribution in [0.4, 0.5) is 5.69 Å². The lowest BCUT2D eigenvalue weighted by atomic mass is 10.0. The Kier molecular flexibility index (Phi) is 5.67. The van der Waals surface area contributed by atoms with Crippen LogP contribution >= 0.6 is 0 Å². The maximum absolute atomic E-state index is 13.1. The summed E-state index contributed by atoms with van der Waals surface area (Å²) in [5, 5.41) is 0. The molecule has 2 heterocycles. The number of para-hydroxylation sites is 1. The lowest BCUT2D eigenvalue weighted by molar-refractivity contribution is -0.123. The fourth-order valence-corrected chi connectivity index (χ4v) is 4.78. The molecule has 0 aliphatic carbocycles. The Labute approximate surface area is 156 Å². The Hall–Kier alpha value is -1.48. The standard InChI is InChI=1S/C18H28N4O3S/c1-15(20-11-13-21(14-12-20)26(24,25)19(2)3)18(23)22-10-6-8-16-7-4-5-9-17(16)22/h4-5,7,9,15H,6,8,10-14H2,1-3H3. The zero-order valence-electron chi connectivity index (χ0n) is 15.8. The third-order valence-corrected chi connectivity index (χ3v) is 7.28. The summed E-state index contributed by atoms with van der Waals surface area (Å²) in [6.45, 7) is 4.62. The van der Waals surface area contributed by atoms with Crippen molar-refractivity contribution in [3.05, 3.63) is 29.8 Å². The first kappa shape index (κ1) is 19.3. The Morgan fingerprint density at radius 3 is 2.38 bits per heavy atom. The molecule has 0 N–H and O–H groups in total. The molecule has 1 saturated heterocycles. The van der Waals surface area contributed by atoms with Crippen molar-refractivity contribution in [1.82, 2.24) is 13.5 Å². The first-order valence-corrected chi connectivity index (χ1v) is 10.5. The van der Waals surface area contributed by atoms with Gasteiger partial charge in [0.25, 0.3) is 10.2 Å². The molecule has 3 rings (SSSR count). The Morgan fingerprint density at radius 1 is 1.08 bits per heavy atom. The molecule has 1 fully saturated rings. The second kappa shape index (κ2) is 7.64. The highest BCUT2D eigenvalue weighted by Gasteiger charge is 2.34. The lowest BCUT2D eigenvalue weighted by Gasteiger charge is -2.40. The number of nitrogens with zero attached hydrogens (tertiary/aromatic N) is 4. The van der Waals surface area contributed by atoms with E-state index in [1.165, 1.54) is 14.2 Å². The summed E-state index contributed by atoms with van der Waals surface area (Å²) in [6, 6.07) is 7.83. The minimum absolute atomic E-state index is 0.0982. The van der Waals surface area contributed by atoms with E-state index in [4.69, 9.17) is 0 Å². The molecule has 0 bridgehead atoms. The van der Waals surface area contributed by atoms with Crippen LogP contribution in [0, 0.1) is 0 Å². The summed E-state index contributed by atoms with van der Waals surface area (Å²) >= 11 is 0. The van der Waals surface area contributed by atoms with Gasteiger partial charge in [-0.2, -0.15) is 17.0 Å². The summed E-state index contributed by atoms with van der Waals surface area (Å²) in [7, 11) is -0.299. The van der Waals surface area contributed by atoms with Gasteiger partial charge in [0.1, 0.15) is 0 Å². The summed E-state index contributed by atoms with van der Waals surface area (Å²) in [5.74, 6) is 0.0982. The van der Waals surface area contributed by atoms with Crippen LogP contribution in [0.25, 0.3) is 0 Å². The van der Waals surface area contributed by atoms with Crippen molar-refractivity contribution in [2.24, 2.45) is 0 Å². The number of aryl methyl sites for hydroxylation is 1. The van der Waals surface area contributed by atoms with Gasteiger partial charge < -0.3 is 4.90 Å². The molecule has 2 aliphatic heterocycles. The molecule has 1 aromatic carbocycles. The molecule has 1 aromatic rings. The minimum atomic E-state index is -3.39.